The molecule has 4 aromatic rings. The lowest BCUT2D eigenvalue weighted by Crippen LogP contribution is -2.49. The monoisotopic (exact) mass is 478 g/mol. The van der Waals surface area contributed by atoms with Gasteiger partial charge in [0.2, 0.25) is 6.10 Å². The Bertz CT molecular complexity index is 1360. The molecule has 2 atom stereocenters. The van der Waals surface area contributed by atoms with E-state index in [0.717, 1.165) is 35.2 Å². The number of pyridine rings is 1. The Morgan fingerprint density at radius 3 is 2.53 bits per heavy atom. The number of para-hydroxylation sites is 2. The number of amides is 1. The molecule has 6 rings (SSSR count). The maximum Gasteiger partial charge on any atom is 0.267 e. The molecule has 1 saturated heterocycles. The van der Waals surface area contributed by atoms with Gasteiger partial charge in [-0.1, -0.05) is 42.5 Å². The van der Waals surface area contributed by atoms with Crippen molar-refractivity contribution in [1.29, 1.82) is 0 Å². The Morgan fingerprint density at radius 1 is 0.917 bits per heavy atom. The Morgan fingerprint density at radius 2 is 1.69 bits per heavy atom. The zero-order valence-corrected chi connectivity index (χ0v) is 19.8. The molecule has 0 radical (unpaired) electrons. The van der Waals surface area contributed by atoms with Gasteiger partial charge >= 0.3 is 0 Å². The first-order chi connectivity index (χ1) is 17.8. The van der Waals surface area contributed by atoms with Crippen LogP contribution in [0, 0.1) is 0 Å². The molecule has 180 valence electrons. The molecule has 36 heavy (non-hydrogen) atoms. The van der Waals surface area contributed by atoms with E-state index >= 15 is 0 Å². The summed E-state index contributed by atoms with van der Waals surface area (Å²) in [6, 6.07) is 21.5. The summed E-state index contributed by atoms with van der Waals surface area (Å²) >= 11 is 0. The number of aromatic nitrogens is 3. The molecule has 0 N–H and O–H groups in total. The number of ether oxygens (including phenoxy) is 2. The Hall–Kier alpha value is -4.26. The minimum atomic E-state index is -0.648. The zero-order valence-electron chi connectivity index (χ0n) is 19.8. The maximum atomic E-state index is 13.5. The first-order valence-corrected chi connectivity index (χ1v) is 12.3. The average Bonchev–Trinajstić information content (AvgIpc) is 2.97. The van der Waals surface area contributed by atoms with Crippen LogP contribution in [0.2, 0.25) is 0 Å². The number of hydrogen-bond donors (Lipinski definition) is 0. The molecule has 0 spiro atoms. The molecule has 4 heterocycles. The Kier molecular flexibility index (Phi) is 6.03. The maximum absolute atomic E-state index is 13.5. The van der Waals surface area contributed by atoms with Crippen molar-refractivity contribution in [1.82, 2.24) is 19.9 Å². The van der Waals surface area contributed by atoms with Crippen molar-refractivity contribution in [3.63, 3.8) is 0 Å². The molecule has 0 aliphatic carbocycles. The summed E-state index contributed by atoms with van der Waals surface area (Å²) in [4.78, 5) is 29.2. The van der Waals surface area contributed by atoms with Gasteiger partial charge in [0.25, 0.3) is 5.91 Å². The van der Waals surface area contributed by atoms with E-state index in [2.05, 4.69) is 22.1 Å². The van der Waals surface area contributed by atoms with Crippen LogP contribution in [-0.4, -0.2) is 51.6 Å². The van der Waals surface area contributed by atoms with Gasteiger partial charge in [-0.3, -0.25) is 9.78 Å². The van der Waals surface area contributed by atoms with Crippen molar-refractivity contribution in [2.75, 3.05) is 19.7 Å². The van der Waals surface area contributed by atoms with Crippen molar-refractivity contribution in [2.45, 2.75) is 24.9 Å². The van der Waals surface area contributed by atoms with E-state index in [1.807, 2.05) is 65.7 Å². The van der Waals surface area contributed by atoms with Gasteiger partial charge in [0.15, 0.2) is 17.3 Å². The van der Waals surface area contributed by atoms with E-state index in [9.17, 15) is 4.79 Å². The smallest absolute Gasteiger partial charge is 0.267 e. The highest BCUT2D eigenvalue weighted by Crippen LogP contribution is 2.36. The van der Waals surface area contributed by atoms with E-state index in [-0.39, 0.29) is 18.4 Å². The first-order valence-electron chi connectivity index (χ1n) is 12.3. The summed E-state index contributed by atoms with van der Waals surface area (Å²) in [5.74, 6) is 1.99. The molecule has 0 bridgehead atoms. The molecule has 1 amide bonds. The third-order valence-corrected chi connectivity index (χ3v) is 6.75. The molecule has 7 heteroatoms. The summed E-state index contributed by atoms with van der Waals surface area (Å²) in [5, 5.41) is 0. The Balaban J connectivity index is 1.29. The lowest BCUT2D eigenvalue weighted by atomic mass is 9.89. The number of nitrogens with zero attached hydrogens (tertiary/aromatic N) is 4. The van der Waals surface area contributed by atoms with Gasteiger partial charge in [0.1, 0.15) is 6.61 Å². The highest BCUT2D eigenvalue weighted by Gasteiger charge is 2.35. The van der Waals surface area contributed by atoms with Crippen LogP contribution in [0.3, 0.4) is 0 Å². The van der Waals surface area contributed by atoms with Crippen molar-refractivity contribution in [3.8, 4) is 34.0 Å². The molecule has 2 aromatic carbocycles. The zero-order chi connectivity index (χ0) is 24.3. The van der Waals surface area contributed by atoms with Crippen molar-refractivity contribution >= 4 is 5.91 Å². The van der Waals surface area contributed by atoms with Crippen LogP contribution >= 0.6 is 0 Å². The van der Waals surface area contributed by atoms with Gasteiger partial charge in [-0.25, -0.2) is 9.97 Å². The number of carbonyl (C=O) groups excluding carboxylic acids is 1. The predicted octanol–water partition coefficient (Wildman–Crippen LogP) is 4.75. The van der Waals surface area contributed by atoms with Crippen LogP contribution in [-0.2, 0) is 4.79 Å². The molecule has 2 aromatic heterocycles. The fraction of sp³-hybridized carbons (Fsp3) is 0.241. The van der Waals surface area contributed by atoms with Gasteiger partial charge in [0.05, 0.1) is 5.69 Å². The molecule has 0 unspecified atom stereocenters. The number of hydrogen-bond acceptors (Lipinski definition) is 6. The van der Waals surface area contributed by atoms with Crippen LogP contribution in [0.1, 0.15) is 24.5 Å². The van der Waals surface area contributed by atoms with Crippen LogP contribution in [0.4, 0.5) is 0 Å². The van der Waals surface area contributed by atoms with E-state index in [0.29, 0.717) is 30.4 Å². The molecule has 0 saturated carbocycles. The minimum Gasteiger partial charge on any atom is -0.485 e. The normalized spacial score (nSPS) is 19.1. The lowest BCUT2D eigenvalue weighted by molar-refractivity contribution is -0.142. The van der Waals surface area contributed by atoms with Crippen molar-refractivity contribution in [3.05, 3.63) is 91.0 Å². The van der Waals surface area contributed by atoms with Crippen LogP contribution < -0.4 is 9.47 Å². The quantitative estimate of drug-likeness (QED) is 0.421. The number of likely N-dealkylation sites (tertiary alicyclic amines) is 1. The highest BCUT2D eigenvalue weighted by atomic mass is 16.6. The summed E-state index contributed by atoms with van der Waals surface area (Å²) in [6.45, 7) is 1.48. The molecular weight excluding hydrogens is 452 g/mol. The largest absolute Gasteiger partial charge is 0.485 e. The average molecular weight is 479 g/mol. The second-order valence-corrected chi connectivity index (χ2v) is 9.08. The van der Waals surface area contributed by atoms with Crippen molar-refractivity contribution in [2.24, 2.45) is 0 Å². The second kappa shape index (κ2) is 9.77. The molecule has 1 fully saturated rings. The van der Waals surface area contributed by atoms with Crippen LogP contribution in [0.25, 0.3) is 22.5 Å². The number of benzene rings is 2. The topological polar surface area (TPSA) is 77.4 Å². The van der Waals surface area contributed by atoms with Gasteiger partial charge in [-0.05, 0) is 42.7 Å². The lowest BCUT2D eigenvalue weighted by Gasteiger charge is -2.36. The predicted molar refractivity (Wildman–Crippen MR) is 136 cm³/mol. The molecule has 2 aliphatic rings. The van der Waals surface area contributed by atoms with E-state index < -0.39 is 6.10 Å². The van der Waals surface area contributed by atoms with Gasteiger partial charge in [-0.2, -0.15) is 0 Å². The number of carbonyl (C=O) groups is 1. The molecule has 7 nitrogen and oxygen atoms in total. The summed E-state index contributed by atoms with van der Waals surface area (Å²) in [5.41, 5.74) is 3.95. The van der Waals surface area contributed by atoms with Gasteiger partial charge < -0.3 is 14.4 Å². The second-order valence-electron chi connectivity index (χ2n) is 9.08. The third-order valence-electron chi connectivity index (χ3n) is 6.75. The molecular formula is C29H26N4O3. The number of rotatable bonds is 4. The van der Waals surface area contributed by atoms with E-state index in [4.69, 9.17) is 14.5 Å². The fourth-order valence-corrected chi connectivity index (χ4v) is 4.93. The third kappa shape index (κ3) is 4.40. The summed E-state index contributed by atoms with van der Waals surface area (Å²) < 4.78 is 11.8. The Labute approximate surface area is 209 Å². The minimum absolute atomic E-state index is 0.0427. The number of fused-ring (bicyclic) bond motifs is 1. The van der Waals surface area contributed by atoms with E-state index in [1.165, 1.54) is 0 Å². The SMILES string of the molecule is O=C([C@H]1COc2ccccc2O1)N1CCC[C@H](c2nc(-c3ccncc3)ncc2-c2ccccc2)C1. The van der Waals surface area contributed by atoms with Crippen LogP contribution in [0.5, 0.6) is 11.5 Å². The van der Waals surface area contributed by atoms with Crippen LogP contribution in [0.15, 0.2) is 85.3 Å². The summed E-state index contributed by atoms with van der Waals surface area (Å²) in [6.07, 6.45) is 6.59. The van der Waals surface area contributed by atoms with Gasteiger partial charge in [-0.15, -0.1) is 0 Å². The van der Waals surface area contributed by atoms with Crippen molar-refractivity contribution < 1.29 is 14.3 Å². The standard InChI is InChI=1S/C29H26N4O3/c34-29(26-19-35-24-10-4-5-11-25(24)36-26)33-16-6-9-22(18-33)27-23(20-7-2-1-3-8-20)17-31-28(32-27)21-12-14-30-15-13-21/h1-5,7-8,10-15,17,22,26H,6,9,16,18-19H2/t22-,26+/m0/s1. The summed E-state index contributed by atoms with van der Waals surface area (Å²) in [7, 11) is 0. The van der Waals surface area contributed by atoms with E-state index in [1.54, 1.807) is 12.4 Å². The highest BCUT2D eigenvalue weighted by molar-refractivity contribution is 5.82. The first kappa shape index (κ1) is 22.2. The number of piperidine rings is 1. The molecule has 2 aliphatic heterocycles. The fourth-order valence-electron chi connectivity index (χ4n) is 4.93. The van der Waals surface area contributed by atoms with Gasteiger partial charge in [0, 0.05) is 48.7 Å².